The lowest BCUT2D eigenvalue weighted by Gasteiger charge is -2.22. The van der Waals surface area contributed by atoms with Crippen molar-refractivity contribution in [2.24, 2.45) is 0 Å². The Morgan fingerprint density at radius 1 is 1.10 bits per heavy atom. The molecule has 6 nitrogen and oxygen atoms in total. The van der Waals surface area contributed by atoms with Crippen molar-refractivity contribution in [3.63, 3.8) is 0 Å². The van der Waals surface area contributed by atoms with Gasteiger partial charge in [0.1, 0.15) is 0 Å². The molecule has 29 heavy (non-hydrogen) atoms. The van der Waals surface area contributed by atoms with Crippen molar-refractivity contribution >= 4 is 39.1 Å². The van der Waals surface area contributed by atoms with E-state index in [2.05, 4.69) is 51.0 Å². The van der Waals surface area contributed by atoms with Crippen LogP contribution in [0, 0.1) is 0 Å². The molecule has 156 valence electrons. The number of halogens is 1. The number of hydrogen-bond acceptors (Lipinski definition) is 5. The van der Waals surface area contributed by atoms with Crippen LogP contribution in [0.25, 0.3) is 0 Å². The number of carbonyl (C=O) groups is 2. The fourth-order valence-corrected chi connectivity index (χ4v) is 4.81. The Labute approximate surface area is 184 Å². The molecule has 2 amide bonds. The Morgan fingerprint density at radius 3 is 2.55 bits per heavy atom. The molecule has 1 aliphatic rings. The lowest BCUT2D eigenvalue weighted by Crippen LogP contribution is -2.39. The summed E-state index contributed by atoms with van der Waals surface area (Å²) in [4.78, 5) is 28.7. The fraction of sp³-hybridized carbons (Fsp3) is 0.429. The summed E-state index contributed by atoms with van der Waals surface area (Å²) in [6.07, 6.45) is 2.94. The molecule has 1 fully saturated rings. The van der Waals surface area contributed by atoms with Crippen molar-refractivity contribution in [3.8, 4) is 0 Å². The molecule has 1 aromatic carbocycles. The third-order valence-electron chi connectivity index (χ3n) is 5.16. The molecule has 2 heterocycles. The average molecular weight is 479 g/mol. The van der Waals surface area contributed by atoms with Crippen LogP contribution >= 0.6 is 27.3 Å². The molecule has 0 aliphatic carbocycles. The van der Waals surface area contributed by atoms with Crippen molar-refractivity contribution in [1.29, 1.82) is 0 Å². The van der Waals surface area contributed by atoms with E-state index in [1.165, 1.54) is 21.8 Å². The zero-order chi connectivity index (χ0) is 20.8. The number of nitrogens with one attached hydrogen (secondary N) is 2. The molecule has 1 aliphatic heterocycles. The smallest absolute Gasteiger partial charge is 0.264 e. The van der Waals surface area contributed by atoms with Crippen molar-refractivity contribution in [2.45, 2.75) is 31.3 Å². The lowest BCUT2D eigenvalue weighted by molar-refractivity contribution is -0.130. The summed E-state index contributed by atoms with van der Waals surface area (Å²) in [5.41, 5.74) is 8.02. The molecular formula is C21H27BrN4O2S. The second kappa shape index (κ2) is 10.3. The van der Waals surface area contributed by atoms with Gasteiger partial charge in [-0.3, -0.25) is 20.4 Å². The van der Waals surface area contributed by atoms with Gasteiger partial charge < -0.3 is 9.80 Å². The normalized spacial score (nSPS) is 18.6. The molecule has 2 unspecified atom stereocenters. The average Bonchev–Trinajstić information content (AvgIpc) is 3.37. The van der Waals surface area contributed by atoms with E-state index in [4.69, 9.17) is 0 Å². The van der Waals surface area contributed by atoms with Crippen LogP contribution in [-0.2, 0) is 4.79 Å². The van der Waals surface area contributed by atoms with Crippen molar-refractivity contribution in [1.82, 2.24) is 20.7 Å². The maximum Gasteiger partial charge on any atom is 0.264 e. The first-order chi connectivity index (χ1) is 13.9. The Balaban J connectivity index is 1.37. The van der Waals surface area contributed by atoms with E-state index in [1.54, 1.807) is 25.1 Å². The fourth-order valence-electron chi connectivity index (χ4n) is 3.43. The number of likely N-dealkylation sites (N-methyl/N-ethyl adjacent to an activating group) is 2. The first-order valence-corrected chi connectivity index (χ1v) is 11.4. The summed E-state index contributed by atoms with van der Waals surface area (Å²) in [5, 5.41) is 0. The predicted octanol–water partition coefficient (Wildman–Crippen LogP) is 3.43. The second-order valence-corrected chi connectivity index (χ2v) is 9.87. The molecule has 0 radical (unpaired) electrons. The standard InChI is InChI=1S/C21H27BrN4O2S/c1-25(20(27)14-26(2)21(28)18-10-11-19(22)29-18)12-6-9-16-13-17(24-23-16)15-7-4-3-5-8-15/h3-5,7-8,10-11,16-17,23-24H,6,9,12-14H2,1-2H3. The van der Waals surface area contributed by atoms with Gasteiger partial charge in [-0.2, -0.15) is 0 Å². The van der Waals surface area contributed by atoms with Gasteiger partial charge in [0.2, 0.25) is 5.91 Å². The molecular weight excluding hydrogens is 452 g/mol. The van der Waals surface area contributed by atoms with Gasteiger partial charge in [-0.05, 0) is 52.9 Å². The topological polar surface area (TPSA) is 64.7 Å². The molecule has 2 aromatic rings. The first-order valence-electron chi connectivity index (χ1n) is 9.75. The van der Waals surface area contributed by atoms with E-state index < -0.39 is 0 Å². The van der Waals surface area contributed by atoms with Crippen LogP contribution in [0.5, 0.6) is 0 Å². The minimum absolute atomic E-state index is 0.0452. The molecule has 0 saturated carbocycles. The highest BCUT2D eigenvalue weighted by Gasteiger charge is 2.25. The van der Waals surface area contributed by atoms with Crippen LogP contribution in [0.1, 0.15) is 40.5 Å². The van der Waals surface area contributed by atoms with Gasteiger partial charge in [-0.25, -0.2) is 0 Å². The largest absolute Gasteiger partial charge is 0.344 e. The number of amides is 2. The number of hydrazine groups is 1. The highest BCUT2D eigenvalue weighted by Crippen LogP contribution is 2.24. The molecule has 0 bridgehead atoms. The molecule has 2 N–H and O–H groups in total. The van der Waals surface area contributed by atoms with E-state index in [0.29, 0.717) is 23.5 Å². The van der Waals surface area contributed by atoms with Crippen LogP contribution < -0.4 is 10.9 Å². The van der Waals surface area contributed by atoms with Crippen LogP contribution in [0.3, 0.4) is 0 Å². The number of thiophene rings is 1. The Bertz CT molecular complexity index is 829. The minimum atomic E-state index is -0.129. The SMILES string of the molecule is CN(CCCC1CC(c2ccccc2)NN1)C(=O)CN(C)C(=O)c1ccc(Br)s1. The van der Waals surface area contributed by atoms with Gasteiger partial charge in [-0.1, -0.05) is 30.3 Å². The molecule has 0 spiro atoms. The van der Waals surface area contributed by atoms with Gasteiger partial charge in [-0.15, -0.1) is 11.3 Å². The van der Waals surface area contributed by atoms with Crippen molar-refractivity contribution < 1.29 is 9.59 Å². The molecule has 1 aromatic heterocycles. The van der Waals surface area contributed by atoms with Gasteiger partial charge in [0, 0.05) is 32.7 Å². The Kier molecular flexibility index (Phi) is 7.83. The summed E-state index contributed by atoms with van der Waals surface area (Å²) < 4.78 is 0.905. The molecule has 8 heteroatoms. The highest BCUT2D eigenvalue weighted by atomic mass is 79.9. The number of carbonyl (C=O) groups excluding carboxylic acids is 2. The summed E-state index contributed by atoms with van der Waals surface area (Å²) in [6.45, 7) is 0.768. The van der Waals surface area contributed by atoms with E-state index in [1.807, 2.05) is 12.1 Å². The maximum atomic E-state index is 12.5. The summed E-state index contributed by atoms with van der Waals surface area (Å²) >= 11 is 4.73. The third-order valence-corrected chi connectivity index (χ3v) is 6.77. The predicted molar refractivity (Wildman–Crippen MR) is 120 cm³/mol. The van der Waals surface area contributed by atoms with Gasteiger partial charge >= 0.3 is 0 Å². The number of benzene rings is 1. The second-order valence-electron chi connectivity index (χ2n) is 7.41. The van der Waals surface area contributed by atoms with Crippen LogP contribution in [0.15, 0.2) is 46.3 Å². The third kappa shape index (κ3) is 6.12. The summed E-state index contributed by atoms with van der Waals surface area (Å²) in [5.74, 6) is -0.174. The van der Waals surface area contributed by atoms with E-state index in [0.717, 1.165) is 23.0 Å². The van der Waals surface area contributed by atoms with Crippen molar-refractivity contribution in [2.75, 3.05) is 27.2 Å². The Morgan fingerprint density at radius 2 is 1.86 bits per heavy atom. The van der Waals surface area contributed by atoms with E-state index in [-0.39, 0.29) is 18.4 Å². The first kappa shape index (κ1) is 22.0. The number of nitrogens with zero attached hydrogens (tertiary/aromatic N) is 2. The van der Waals surface area contributed by atoms with Crippen LogP contribution in [-0.4, -0.2) is 54.8 Å². The number of rotatable bonds is 8. The molecule has 2 atom stereocenters. The van der Waals surface area contributed by atoms with E-state index >= 15 is 0 Å². The summed E-state index contributed by atoms with van der Waals surface area (Å²) in [6, 6.07) is 14.8. The number of hydrogen-bond donors (Lipinski definition) is 2. The lowest BCUT2D eigenvalue weighted by atomic mass is 10.00. The summed E-state index contributed by atoms with van der Waals surface area (Å²) in [7, 11) is 3.47. The quantitative estimate of drug-likeness (QED) is 0.609. The molecule has 3 rings (SSSR count). The zero-order valence-electron chi connectivity index (χ0n) is 16.7. The van der Waals surface area contributed by atoms with Gasteiger partial charge in [0.15, 0.2) is 0 Å². The zero-order valence-corrected chi connectivity index (χ0v) is 19.1. The highest BCUT2D eigenvalue weighted by molar-refractivity contribution is 9.11. The minimum Gasteiger partial charge on any atom is -0.344 e. The van der Waals surface area contributed by atoms with Crippen LogP contribution in [0.4, 0.5) is 0 Å². The van der Waals surface area contributed by atoms with E-state index in [9.17, 15) is 9.59 Å². The van der Waals surface area contributed by atoms with Crippen molar-refractivity contribution in [3.05, 3.63) is 56.7 Å². The monoisotopic (exact) mass is 478 g/mol. The van der Waals surface area contributed by atoms with Crippen LogP contribution in [0.2, 0.25) is 0 Å². The van der Waals surface area contributed by atoms with Gasteiger partial charge in [0.25, 0.3) is 5.91 Å². The van der Waals surface area contributed by atoms with Gasteiger partial charge in [0.05, 0.1) is 15.2 Å². The Hall–Kier alpha value is -1.74. The maximum absolute atomic E-state index is 12.5. The molecule has 1 saturated heterocycles.